The number of aliphatic hydroxyl groups excluding tert-OH is 1. The Morgan fingerprint density at radius 2 is 1.89 bits per heavy atom. The molecule has 2 aromatic rings. The number of amides is 3. The topological polar surface area (TPSA) is 108 Å². The minimum absolute atomic E-state index is 0.0720. The number of nitrogens with one attached hydrogen (secondary N) is 2. The Morgan fingerprint density at radius 1 is 1.11 bits per heavy atom. The molecule has 2 aromatic carbocycles. The fraction of sp³-hybridized carbons (Fsp3) is 0.150. The smallest absolute Gasteiger partial charge is 0.277 e. The number of hydrogen-bond acceptors (Lipinski definition) is 6. The number of rotatable bonds is 4. The second-order valence-corrected chi connectivity index (χ2v) is 6.47. The third kappa shape index (κ3) is 3.10. The number of aryl methyl sites for hydroxylation is 1. The van der Waals surface area contributed by atoms with Gasteiger partial charge in [-0.05, 0) is 42.8 Å². The van der Waals surface area contributed by atoms with Crippen LogP contribution < -0.4 is 15.4 Å². The van der Waals surface area contributed by atoms with Crippen molar-refractivity contribution in [3.8, 4) is 11.5 Å². The van der Waals surface area contributed by atoms with E-state index in [2.05, 4.69) is 10.6 Å². The first kappa shape index (κ1) is 17.7. The van der Waals surface area contributed by atoms with Gasteiger partial charge in [-0.25, -0.2) is 0 Å². The number of carbonyl (C=O) groups excluding carboxylic acids is 3. The standard InChI is InChI=1S/C20H17N3O5/c1-11-2-4-17-14(8-11)22-19(26)13-9-12(3-5-16(13)28-17)21-15-10-18(25)23(6-7-24)20(15)27/h2-5,8-10,21,24H,6-7H2,1H3,(H,22,26). The van der Waals surface area contributed by atoms with Gasteiger partial charge in [0.25, 0.3) is 17.7 Å². The van der Waals surface area contributed by atoms with Crippen LogP contribution in [0.2, 0.25) is 0 Å². The number of β-amino-alcohol motifs (C(OH)–C–C–N with tert-alkyl or cyclic N) is 1. The largest absolute Gasteiger partial charge is 0.454 e. The second kappa shape index (κ2) is 6.82. The van der Waals surface area contributed by atoms with E-state index in [-0.39, 0.29) is 24.8 Å². The number of hydrogen-bond donors (Lipinski definition) is 3. The van der Waals surface area contributed by atoms with E-state index in [9.17, 15) is 14.4 Å². The van der Waals surface area contributed by atoms with Gasteiger partial charge in [0.1, 0.15) is 11.4 Å². The molecule has 28 heavy (non-hydrogen) atoms. The van der Waals surface area contributed by atoms with Gasteiger partial charge in [-0.3, -0.25) is 19.3 Å². The van der Waals surface area contributed by atoms with Gasteiger partial charge in [-0.1, -0.05) is 6.07 Å². The van der Waals surface area contributed by atoms with Crippen LogP contribution in [0.3, 0.4) is 0 Å². The van der Waals surface area contributed by atoms with E-state index < -0.39 is 11.8 Å². The van der Waals surface area contributed by atoms with Gasteiger partial charge in [0.15, 0.2) is 5.75 Å². The van der Waals surface area contributed by atoms with Crippen LogP contribution in [0.25, 0.3) is 0 Å². The van der Waals surface area contributed by atoms with E-state index in [1.54, 1.807) is 24.3 Å². The summed E-state index contributed by atoms with van der Waals surface area (Å²) >= 11 is 0. The number of carbonyl (C=O) groups is 3. The van der Waals surface area contributed by atoms with Crippen LogP contribution in [0, 0.1) is 6.92 Å². The lowest BCUT2D eigenvalue weighted by molar-refractivity contribution is -0.137. The van der Waals surface area contributed by atoms with Gasteiger partial charge >= 0.3 is 0 Å². The van der Waals surface area contributed by atoms with Gasteiger partial charge < -0.3 is 20.5 Å². The Labute approximate surface area is 160 Å². The van der Waals surface area contributed by atoms with Gasteiger partial charge in [-0.2, -0.15) is 0 Å². The fourth-order valence-corrected chi connectivity index (χ4v) is 3.08. The molecule has 2 heterocycles. The van der Waals surface area contributed by atoms with Crippen LogP contribution in [0.5, 0.6) is 11.5 Å². The number of imide groups is 1. The van der Waals surface area contributed by atoms with Crippen LogP contribution in [0.4, 0.5) is 11.4 Å². The lowest BCUT2D eigenvalue weighted by Gasteiger charge is -2.14. The van der Waals surface area contributed by atoms with E-state index in [0.29, 0.717) is 28.4 Å². The summed E-state index contributed by atoms with van der Waals surface area (Å²) in [6.07, 6.45) is 1.17. The van der Waals surface area contributed by atoms with Crippen LogP contribution >= 0.6 is 0 Å². The maximum Gasteiger partial charge on any atom is 0.277 e. The number of ether oxygens (including phenoxy) is 1. The molecule has 0 unspecified atom stereocenters. The maximum absolute atomic E-state index is 12.6. The van der Waals surface area contributed by atoms with Crippen molar-refractivity contribution in [3.63, 3.8) is 0 Å². The average Bonchev–Trinajstić information content (AvgIpc) is 2.84. The summed E-state index contributed by atoms with van der Waals surface area (Å²) in [4.78, 5) is 37.7. The van der Waals surface area contributed by atoms with E-state index in [1.807, 2.05) is 19.1 Å². The fourth-order valence-electron chi connectivity index (χ4n) is 3.08. The lowest BCUT2D eigenvalue weighted by Crippen LogP contribution is -2.34. The molecule has 0 saturated heterocycles. The van der Waals surface area contributed by atoms with Crippen molar-refractivity contribution in [1.82, 2.24) is 4.90 Å². The van der Waals surface area contributed by atoms with Crippen LogP contribution in [-0.4, -0.2) is 40.9 Å². The van der Waals surface area contributed by atoms with Crippen molar-refractivity contribution in [2.45, 2.75) is 6.92 Å². The van der Waals surface area contributed by atoms with Crippen LogP contribution in [0.15, 0.2) is 48.2 Å². The van der Waals surface area contributed by atoms with Crippen molar-refractivity contribution >= 4 is 29.1 Å². The Kier molecular flexibility index (Phi) is 4.32. The minimum Gasteiger partial charge on any atom is -0.454 e. The summed E-state index contributed by atoms with van der Waals surface area (Å²) in [6.45, 7) is 1.53. The highest BCUT2D eigenvalue weighted by Gasteiger charge is 2.31. The molecular formula is C20H17N3O5. The molecule has 0 aliphatic carbocycles. The number of nitrogens with zero attached hydrogens (tertiary/aromatic N) is 1. The average molecular weight is 379 g/mol. The zero-order chi connectivity index (χ0) is 19.8. The van der Waals surface area contributed by atoms with Gasteiger partial charge in [0, 0.05) is 11.8 Å². The number of fused-ring (bicyclic) bond motifs is 2. The van der Waals surface area contributed by atoms with E-state index in [4.69, 9.17) is 9.84 Å². The zero-order valence-electron chi connectivity index (χ0n) is 15.0. The molecule has 2 aliphatic heterocycles. The summed E-state index contributed by atoms with van der Waals surface area (Å²) < 4.78 is 5.86. The Morgan fingerprint density at radius 3 is 2.68 bits per heavy atom. The maximum atomic E-state index is 12.6. The summed E-state index contributed by atoms with van der Waals surface area (Å²) in [6, 6.07) is 10.3. The molecule has 8 nitrogen and oxygen atoms in total. The first-order valence-corrected chi connectivity index (χ1v) is 8.65. The molecular weight excluding hydrogens is 362 g/mol. The molecule has 8 heteroatoms. The minimum atomic E-state index is -0.530. The predicted molar refractivity (Wildman–Crippen MR) is 101 cm³/mol. The van der Waals surface area contributed by atoms with Gasteiger partial charge in [0.2, 0.25) is 0 Å². The van der Waals surface area contributed by atoms with Crippen molar-refractivity contribution in [3.05, 3.63) is 59.3 Å². The third-order valence-corrected chi connectivity index (χ3v) is 4.44. The molecule has 0 fully saturated rings. The van der Waals surface area contributed by atoms with Crippen molar-refractivity contribution in [2.24, 2.45) is 0 Å². The Hall–Kier alpha value is -3.65. The quantitative estimate of drug-likeness (QED) is 0.702. The van der Waals surface area contributed by atoms with Crippen molar-refractivity contribution in [2.75, 3.05) is 23.8 Å². The molecule has 3 N–H and O–H groups in total. The van der Waals surface area contributed by atoms with E-state index >= 15 is 0 Å². The molecule has 0 radical (unpaired) electrons. The highest BCUT2D eigenvalue weighted by Crippen LogP contribution is 2.37. The summed E-state index contributed by atoms with van der Waals surface area (Å²) in [5.74, 6) is -0.443. The third-order valence-electron chi connectivity index (χ3n) is 4.44. The molecule has 4 rings (SSSR count). The van der Waals surface area contributed by atoms with Crippen molar-refractivity contribution < 1.29 is 24.2 Å². The Bertz CT molecular complexity index is 1040. The second-order valence-electron chi connectivity index (χ2n) is 6.47. The first-order valence-electron chi connectivity index (χ1n) is 8.65. The zero-order valence-corrected chi connectivity index (χ0v) is 15.0. The molecule has 142 valence electrons. The lowest BCUT2D eigenvalue weighted by atomic mass is 10.1. The van der Waals surface area contributed by atoms with Gasteiger partial charge in [-0.15, -0.1) is 0 Å². The molecule has 2 aliphatic rings. The normalized spacial score (nSPS) is 15.3. The van der Waals surface area contributed by atoms with E-state index in [1.165, 1.54) is 6.08 Å². The molecule has 0 bridgehead atoms. The molecule has 0 aromatic heterocycles. The van der Waals surface area contributed by atoms with Crippen molar-refractivity contribution in [1.29, 1.82) is 0 Å². The SMILES string of the molecule is Cc1ccc2c(c1)NC(=O)c1cc(NC3=CC(=O)N(CCO)C3=O)ccc1O2. The van der Waals surface area contributed by atoms with Crippen LogP contribution in [-0.2, 0) is 9.59 Å². The molecule has 0 saturated carbocycles. The highest BCUT2D eigenvalue weighted by atomic mass is 16.5. The number of benzene rings is 2. The number of aliphatic hydroxyl groups is 1. The Balaban J connectivity index is 1.61. The number of anilines is 2. The summed E-state index contributed by atoms with van der Waals surface area (Å²) in [5, 5.41) is 14.6. The first-order chi connectivity index (χ1) is 13.5. The molecule has 3 amide bonds. The predicted octanol–water partition coefficient (Wildman–Crippen LogP) is 2.01. The monoisotopic (exact) mass is 379 g/mol. The van der Waals surface area contributed by atoms with E-state index in [0.717, 1.165) is 10.5 Å². The summed E-state index contributed by atoms with van der Waals surface area (Å²) in [7, 11) is 0. The summed E-state index contributed by atoms with van der Waals surface area (Å²) in [5.41, 5.74) is 2.39. The highest BCUT2D eigenvalue weighted by molar-refractivity contribution is 6.17. The molecule has 0 atom stereocenters. The van der Waals surface area contributed by atoms with Gasteiger partial charge in [0.05, 0.1) is 24.4 Å². The molecule has 0 spiro atoms. The van der Waals surface area contributed by atoms with Crippen LogP contribution in [0.1, 0.15) is 15.9 Å².